The minimum absolute atomic E-state index is 0.435. The van der Waals surface area contributed by atoms with Gasteiger partial charge in [0.15, 0.2) is 5.82 Å². The van der Waals surface area contributed by atoms with Crippen LogP contribution in [0.4, 0.5) is 0 Å². The van der Waals surface area contributed by atoms with Crippen molar-refractivity contribution in [2.45, 2.75) is 19.4 Å². The third-order valence-corrected chi connectivity index (χ3v) is 3.21. The van der Waals surface area contributed by atoms with Crippen LogP contribution in [-0.2, 0) is 13.0 Å². The molecular weight excluding hydrogens is 290 g/mol. The lowest BCUT2D eigenvalue weighted by Crippen LogP contribution is -2.02. The van der Waals surface area contributed by atoms with Crippen molar-refractivity contribution in [2.24, 2.45) is 0 Å². The van der Waals surface area contributed by atoms with Crippen molar-refractivity contribution >= 4 is 11.6 Å². The molecule has 0 aliphatic heterocycles. The van der Waals surface area contributed by atoms with Gasteiger partial charge in [0.05, 0.1) is 5.69 Å². The zero-order chi connectivity index (χ0) is 14.5. The summed E-state index contributed by atoms with van der Waals surface area (Å²) in [4.78, 5) is 4.36. The Morgan fingerprint density at radius 1 is 1.19 bits per heavy atom. The summed E-state index contributed by atoms with van der Waals surface area (Å²) in [5, 5.41) is 12.1. The van der Waals surface area contributed by atoms with E-state index in [0.717, 1.165) is 24.1 Å². The Hall–Kier alpha value is -2.21. The van der Waals surface area contributed by atoms with Gasteiger partial charge in [-0.25, -0.2) is 4.68 Å². The number of rotatable bonds is 6. The molecule has 21 heavy (non-hydrogen) atoms. The third kappa shape index (κ3) is 3.46. The van der Waals surface area contributed by atoms with E-state index in [4.69, 9.17) is 16.1 Å². The molecule has 0 aliphatic rings. The molecular formula is C14H14ClN5O. The molecule has 2 heterocycles. The van der Waals surface area contributed by atoms with Gasteiger partial charge in [0.2, 0.25) is 0 Å². The fourth-order valence-corrected chi connectivity index (χ4v) is 2.07. The van der Waals surface area contributed by atoms with E-state index in [0.29, 0.717) is 24.1 Å². The second-order valence-corrected chi connectivity index (χ2v) is 4.96. The molecule has 1 aromatic carbocycles. The predicted molar refractivity (Wildman–Crippen MR) is 77.9 cm³/mol. The van der Waals surface area contributed by atoms with Crippen molar-refractivity contribution in [1.29, 1.82) is 0 Å². The quantitative estimate of drug-likeness (QED) is 0.655. The minimum atomic E-state index is 0.435. The maximum absolute atomic E-state index is 5.66. The van der Waals surface area contributed by atoms with E-state index in [1.54, 1.807) is 4.68 Å². The van der Waals surface area contributed by atoms with E-state index in [2.05, 4.69) is 20.5 Å². The molecule has 0 atom stereocenters. The highest BCUT2D eigenvalue weighted by atomic mass is 35.5. The van der Waals surface area contributed by atoms with E-state index in [-0.39, 0.29) is 0 Å². The lowest BCUT2D eigenvalue weighted by Gasteiger charge is -1.93. The maximum Gasteiger partial charge on any atom is 0.257 e. The number of nitrogens with zero attached hydrogens (tertiary/aromatic N) is 5. The predicted octanol–water partition coefficient (Wildman–Crippen LogP) is 2.55. The first kappa shape index (κ1) is 13.8. The van der Waals surface area contributed by atoms with E-state index in [1.165, 1.54) is 0 Å². The molecule has 0 unspecified atom stereocenters. The van der Waals surface area contributed by atoms with E-state index in [1.807, 2.05) is 36.5 Å². The molecule has 0 bridgehead atoms. The van der Waals surface area contributed by atoms with Crippen molar-refractivity contribution in [2.75, 3.05) is 5.88 Å². The zero-order valence-corrected chi connectivity index (χ0v) is 12.1. The molecule has 0 spiro atoms. The fourth-order valence-electron chi connectivity index (χ4n) is 1.94. The topological polar surface area (TPSA) is 69.6 Å². The number of hydrogen-bond donors (Lipinski definition) is 0. The largest absolute Gasteiger partial charge is 0.334 e. The molecule has 0 aliphatic carbocycles. The van der Waals surface area contributed by atoms with Crippen molar-refractivity contribution in [1.82, 2.24) is 25.1 Å². The fraction of sp³-hybridized carbons (Fsp3) is 0.286. The average Bonchev–Trinajstić information content (AvgIpc) is 3.16. The van der Waals surface area contributed by atoms with Gasteiger partial charge in [0, 0.05) is 17.6 Å². The summed E-state index contributed by atoms with van der Waals surface area (Å²) < 4.78 is 6.95. The molecule has 0 N–H and O–H groups in total. The number of alkyl halides is 1. The van der Waals surface area contributed by atoms with Crippen LogP contribution in [0.5, 0.6) is 0 Å². The molecule has 7 heteroatoms. The first-order chi connectivity index (χ1) is 10.3. The summed E-state index contributed by atoms with van der Waals surface area (Å²) >= 11 is 5.66. The van der Waals surface area contributed by atoms with Gasteiger partial charge in [0.1, 0.15) is 6.54 Å². The van der Waals surface area contributed by atoms with E-state index < -0.39 is 0 Å². The SMILES string of the molecule is ClCCCc1cn(Cc2noc(-c3ccccc3)n2)nn1. The first-order valence-electron chi connectivity index (χ1n) is 6.68. The van der Waals surface area contributed by atoms with Gasteiger partial charge >= 0.3 is 0 Å². The smallest absolute Gasteiger partial charge is 0.257 e. The summed E-state index contributed by atoms with van der Waals surface area (Å²) in [5.41, 5.74) is 1.82. The Bertz CT molecular complexity index is 694. The molecule has 0 saturated heterocycles. The molecule has 3 rings (SSSR count). The number of hydrogen-bond acceptors (Lipinski definition) is 5. The van der Waals surface area contributed by atoms with Crippen LogP contribution in [0.2, 0.25) is 0 Å². The first-order valence-corrected chi connectivity index (χ1v) is 7.21. The maximum atomic E-state index is 5.66. The zero-order valence-electron chi connectivity index (χ0n) is 11.3. The van der Waals surface area contributed by atoms with Gasteiger partial charge in [-0.3, -0.25) is 0 Å². The summed E-state index contributed by atoms with van der Waals surface area (Å²) in [6.07, 6.45) is 3.59. The summed E-state index contributed by atoms with van der Waals surface area (Å²) in [6, 6.07) is 9.66. The molecule has 0 saturated carbocycles. The van der Waals surface area contributed by atoms with Gasteiger partial charge < -0.3 is 4.52 Å². The summed E-state index contributed by atoms with van der Waals surface area (Å²) in [7, 11) is 0. The molecule has 2 aromatic heterocycles. The highest BCUT2D eigenvalue weighted by Crippen LogP contribution is 2.16. The minimum Gasteiger partial charge on any atom is -0.334 e. The Balaban J connectivity index is 1.68. The van der Waals surface area contributed by atoms with Crippen LogP contribution in [0, 0.1) is 0 Å². The monoisotopic (exact) mass is 303 g/mol. The van der Waals surface area contributed by atoms with Gasteiger partial charge in [-0.05, 0) is 25.0 Å². The average molecular weight is 304 g/mol. The van der Waals surface area contributed by atoms with Gasteiger partial charge in [-0.1, -0.05) is 28.6 Å². The van der Waals surface area contributed by atoms with Crippen LogP contribution in [0.1, 0.15) is 17.9 Å². The van der Waals surface area contributed by atoms with E-state index in [9.17, 15) is 0 Å². The molecule has 108 valence electrons. The van der Waals surface area contributed by atoms with Crippen LogP contribution in [0.25, 0.3) is 11.5 Å². The van der Waals surface area contributed by atoms with Crippen LogP contribution in [0.15, 0.2) is 41.1 Å². The van der Waals surface area contributed by atoms with Crippen LogP contribution in [-0.4, -0.2) is 31.0 Å². The highest BCUT2D eigenvalue weighted by molar-refractivity contribution is 6.17. The van der Waals surface area contributed by atoms with Crippen LogP contribution >= 0.6 is 11.6 Å². The summed E-state index contributed by atoms with van der Waals surface area (Å²) in [5.74, 6) is 1.70. The van der Waals surface area contributed by atoms with Crippen LogP contribution in [0.3, 0.4) is 0 Å². The highest BCUT2D eigenvalue weighted by Gasteiger charge is 2.10. The standard InChI is InChI=1S/C14H14ClN5O/c15-8-4-7-12-9-20(19-17-12)10-13-16-14(21-18-13)11-5-2-1-3-6-11/h1-3,5-6,9H,4,7-8,10H2. The lowest BCUT2D eigenvalue weighted by molar-refractivity contribution is 0.418. The molecule has 6 nitrogen and oxygen atoms in total. The lowest BCUT2D eigenvalue weighted by atomic mass is 10.2. The Morgan fingerprint density at radius 3 is 2.86 bits per heavy atom. The molecule has 3 aromatic rings. The van der Waals surface area contributed by atoms with Crippen LogP contribution < -0.4 is 0 Å². The Morgan fingerprint density at radius 2 is 2.05 bits per heavy atom. The third-order valence-electron chi connectivity index (χ3n) is 2.94. The number of aryl methyl sites for hydroxylation is 1. The molecule has 0 radical (unpaired) electrons. The van der Waals surface area contributed by atoms with Crippen molar-refractivity contribution in [3.05, 3.63) is 48.0 Å². The van der Waals surface area contributed by atoms with Crippen molar-refractivity contribution in [3.63, 3.8) is 0 Å². The molecule has 0 fully saturated rings. The van der Waals surface area contributed by atoms with Gasteiger partial charge in [-0.15, -0.1) is 16.7 Å². The van der Waals surface area contributed by atoms with E-state index >= 15 is 0 Å². The number of aromatic nitrogens is 5. The Kier molecular flexibility index (Phi) is 4.25. The normalized spacial score (nSPS) is 10.9. The number of halogens is 1. The number of benzene rings is 1. The van der Waals surface area contributed by atoms with Crippen molar-refractivity contribution in [3.8, 4) is 11.5 Å². The van der Waals surface area contributed by atoms with Gasteiger partial charge in [-0.2, -0.15) is 4.98 Å². The molecule has 0 amide bonds. The second-order valence-electron chi connectivity index (χ2n) is 4.58. The van der Waals surface area contributed by atoms with Crippen molar-refractivity contribution < 1.29 is 4.52 Å². The second kappa shape index (κ2) is 6.49. The Labute approximate surface area is 126 Å². The van der Waals surface area contributed by atoms with Gasteiger partial charge in [0.25, 0.3) is 5.89 Å². The summed E-state index contributed by atoms with van der Waals surface area (Å²) in [6.45, 7) is 0.435.